The summed E-state index contributed by atoms with van der Waals surface area (Å²) in [6.07, 6.45) is -1.74. The van der Waals surface area contributed by atoms with Crippen LogP contribution in [0, 0.1) is 13.8 Å². The fourth-order valence-corrected chi connectivity index (χ4v) is 5.64. The molecule has 0 unspecified atom stereocenters. The van der Waals surface area contributed by atoms with Gasteiger partial charge in [0.1, 0.15) is 6.26 Å². The molecule has 43 heavy (non-hydrogen) atoms. The molecule has 0 saturated heterocycles. The molecule has 0 fully saturated rings. The largest absolute Gasteiger partial charge is 0.445 e. The molecule has 0 bridgehead atoms. The van der Waals surface area contributed by atoms with Gasteiger partial charge in [-0.25, -0.2) is 18.1 Å². The molecule has 5 rings (SSSR count). The van der Waals surface area contributed by atoms with Crippen molar-refractivity contribution in [3.63, 3.8) is 0 Å². The van der Waals surface area contributed by atoms with Crippen molar-refractivity contribution in [1.29, 1.82) is 0 Å². The highest BCUT2D eigenvalue weighted by atomic mass is 32.2. The number of amides is 1. The summed E-state index contributed by atoms with van der Waals surface area (Å²) in [5.74, 6) is -0.115. The predicted octanol–water partition coefficient (Wildman–Crippen LogP) is 6.29. The summed E-state index contributed by atoms with van der Waals surface area (Å²) in [6.45, 7) is 3.35. The SMILES string of the molecule is Cc1noc(NS(=O)(=O)c2ccccc2-c2ccc(-c3ncco3)cc2CNC(=O)Cc2ccc(C(F)(F)F)cc2)c1C. The van der Waals surface area contributed by atoms with Crippen molar-refractivity contribution in [1.82, 2.24) is 15.5 Å². The van der Waals surface area contributed by atoms with Gasteiger partial charge in [-0.2, -0.15) is 13.2 Å². The smallest absolute Gasteiger partial charge is 0.416 e. The minimum Gasteiger partial charge on any atom is -0.445 e. The van der Waals surface area contributed by atoms with E-state index in [1.165, 1.54) is 30.7 Å². The van der Waals surface area contributed by atoms with Gasteiger partial charge in [-0.1, -0.05) is 41.6 Å². The van der Waals surface area contributed by atoms with Crippen LogP contribution in [-0.4, -0.2) is 24.5 Å². The Bertz CT molecular complexity index is 1870. The molecule has 0 atom stereocenters. The monoisotopic (exact) mass is 610 g/mol. The molecule has 5 aromatic rings. The van der Waals surface area contributed by atoms with Gasteiger partial charge in [-0.3, -0.25) is 4.79 Å². The van der Waals surface area contributed by atoms with Crippen LogP contribution in [0.2, 0.25) is 0 Å². The van der Waals surface area contributed by atoms with Gasteiger partial charge in [0.05, 0.1) is 28.8 Å². The Kier molecular flexibility index (Phi) is 8.09. The maximum Gasteiger partial charge on any atom is 0.416 e. The molecular weight excluding hydrogens is 585 g/mol. The van der Waals surface area contributed by atoms with E-state index in [0.29, 0.717) is 45.0 Å². The molecule has 13 heteroatoms. The zero-order valence-electron chi connectivity index (χ0n) is 22.9. The number of halogens is 3. The molecule has 222 valence electrons. The number of nitrogens with zero attached hydrogens (tertiary/aromatic N) is 2. The van der Waals surface area contributed by atoms with E-state index in [2.05, 4.69) is 20.2 Å². The van der Waals surface area contributed by atoms with Crippen LogP contribution in [0.1, 0.15) is 27.9 Å². The van der Waals surface area contributed by atoms with Crippen LogP contribution < -0.4 is 10.0 Å². The summed E-state index contributed by atoms with van der Waals surface area (Å²) in [5, 5.41) is 6.58. The van der Waals surface area contributed by atoms with E-state index in [9.17, 15) is 26.4 Å². The third kappa shape index (κ3) is 6.61. The van der Waals surface area contributed by atoms with Crippen molar-refractivity contribution in [3.05, 3.63) is 107 Å². The molecule has 0 spiro atoms. The number of oxazole rings is 1. The number of benzene rings is 3. The number of aryl methyl sites for hydroxylation is 1. The number of nitrogens with one attached hydrogen (secondary N) is 2. The number of hydrogen-bond donors (Lipinski definition) is 2. The van der Waals surface area contributed by atoms with Crippen molar-refractivity contribution in [2.24, 2.45) is 0 Å². The van der Waals surface area contributed by atoms with Crippen LogP contribution in [0.4, 0.5) is 19.1 Å². The normalized spacial score (nSPS) is 11.8. The zero-order chi connectivity index (χ0) is 30.8. The summed E-state index contributed by atoms with van der Waals surface area (Å²) in [5.41, 5.74) is 2.69. The van der Waals surface area contributed by atoms with Gasteiger partial charge in [-0.05, 0) is 60.9 Å². The molecule has 1 amide bonds. The number of carbonyl (C=O) groups excluding carboxylic acids is 1. The lowest BCUT2D eigenvalue weighted by molar-refractivity contribution is -0.137. The number of anilines is 1. The van der Waals surface area contributed by atoms with Crippen molar-refractivity contribution >= 4 is 21.8 Å². The maximum atomic E-state index is 13.5. The highest BCUT2D eigenvalue weighted by Crippen LogP contribution is 2.34. The van der Waals surface area contributed by atoms with Gasteiger partial charge < -0.3 is 14.3 Å². The fourth-order valence-electron chi connectivity index (χ4n) is 4.37. The van der Waals surface area contributed by atoms with E-state index in [0.717, 1.165) is 12.1 Å². The summed E-state index contributed by atoms with van der Waals surface area (Å²) in [4.78, 5) is 16.9. The third-order valence-corrected chi connectivity index (χ3v) is 8.15. The number of rotatable bonds is 9. The van der Waals surface area contributed by atoms with E-state index in [1.807, 2.05) is 0 Å². The van der Waals surface area contributed by atoms with Gasteiger partial charge in [0.25, 0.3) is 10.0 Å². The Hall–Kier alpha value is -4.91. The molecule has 2 N–H and O–H groups in total. The number of aromatic nitrogens is 2. The van der Waals surface area contributed by atoms with E-state index < -0.39 is 27.7 Å². The Morgan fingerprint density at radius 3 is 2.37 bits per heavy atom. The second-order valence-corrected chi connectivity index (χ2v) is 11.3. The van der Waals surface area contributed by atoms with Gasteiger partial charge in [-0.15, -0.1) is 0 Å². The average Bonchev–Trinajstić information content (AvgIpc) is 3.62. The first-order valence-electron chi connectivity index (χ1n) is 12.9. The number of carbonyl (C=O) groups is 1. The summed E-state index contributed by atoms with van der Waals surface area (Å²) in [6, 6.07) is 15.9. The van der Waals surface area contributed by atoms with E-state index >= 15 is 0 Å². The highest BCUT2D eigenvalue weighted by Gasteiger charge is 2.30. The first-order chi connectivity index (χ1) is 20.4. The van der Waals surface area contributed by atoms with Crippen molar-refractivity contribution < 1.29 is 35.3 Å². The van der Waals surface area contributed by atoms with Gasteiger partial charge in [0.15, 0.2) is 0 Å². The van der Waals surface area contributed by atoms with Gasteiger partial charge in [0, 0.05) is 23.2 Å². The average molecular weight is 611 g/mol. The van der Waals surface area contributed by atoms with Crippen LogP contribution in [0.25, 0.3) is 22.6 Å². The lowest BCUT2D eigenvalue weighted by Crippen LogP contribution is -2.25. The van der Waals surface area contributed by atoms with Crippen LogP contribution in [-0.2, 0) is 34.0 Å². The van der Waals surface area contributed by atoms with Crippen LogP contribution in [0.5, 0.6) is 0 Å². The second-order valence-electron chi connectivity index (χ2n) is 9.68. The first kappa shape index (κ1) is 29.6. The molecule has 9 nitrogen and oxygen atoms in total. The molecule has 0 aliphatic rings. The van der Waals surface area contributed by atoms with Crippen molar-refractivity contribution in [2.45, 2.75) is 37.9 Å². The van der Waals surface area contributed by atoms with E-state index in [4.69, 9.17) is 8.94 Å². The molecule has 2 heterocycles. The molecule has 0 saturated carbocycles. The Labute approximate surface area is 244 Å². The Balaban J connectivity index is 1.45. The lowest BCUT2D eigenvalue weighted by atomic mass is 9.97. The Morgan fingerprint density at radius 2 is 1.72 bits per heavy atom. The molecule has 0 aliphatic heterocycles. The second kappa shape index (κ2) is 11.8. The zero-order valence-corrected chi connectivity index (χ0v) is 23.7. The number of sulfonamides is 1. The molecule has 2 aromatic heterocycles. The fraction of sp³-hybridized carbons (Fsp3) is 0.167. The summed E-state index contributed by atoms with van der Waals surface area (Å²) < 4.78 is 78.7. The molecule has 0 aliphatic carbocycles. The number of alkyl halides is 3. The predicted molar refractivity (Wildman–Crippen MR) is 151 cm³/mol. The third-order valence-electron chi connectivity index (χ3n) is 6.76. The van der Waals surface area contributed by atoms with E-state index in [1.54, 1.807) is 50.2 Å². The summed E-state index contributed by atoms with van der Waals surface area (Å²) in [7, 11) is -4.14. The Morgan fingerprint density at radius 1 is 0.977 bits per heavy atom. The highest BCUT2D eigenvalue weighted by molar-refractivity contribution is 7.92. The minimum atomic E-state index is -4.48. The van der Waals surface area contributed by atoms with Crippen molar-refractivity contribution in [2.75, 3.05) is 4.72 Å². The summed E-state index contributed by atoms with van der Waals surface area (Å²) >= 11 is 0. The maximum absolute atomic E-state index is 13.5. The quantitative estimate of drug-likeness (QED) is 0.201. The standard InChI is InChI=1S/C30H25F3N4O5S/c1-18-19(2)36-42-28(18)37-43(39,40)26-6-4-3-5-25(26)24-12-9-21(29-34-13-14-41-29)16-22(24)17-35-27(38)15-20-7-10-23(11-8-20)30(31,32)33/h3-14,16,37H,15,17H2,1-2H3,(H,35,38). The van der Waals surface area contributed by atoms with E-state index in [-0.39, 0.29) is 23.7 Å². The minimum absolute atomic E-state index is 0.00213. The van der Waals surface area contributed by atoms with Crippen LogP contribution in [0.3, 0.4) is 0 Å². The lowest BCUT2D eigenvalue weighted by Gasteiger charge is -2.16. The van der Waals surface area contributed by atoms with Crippen LogP contribution in [0.15, 0.2) is 93.0 Å². The van der Waals surface area contributed by atoms with Crippen molar-refractivity contribution in [3.8, 4) is 22.6 Å². The molecule has 3 aromatic carbocycles. The van der Waals surface area contributed by atoms with Crippen LogP contribution >= 0.6 is 0 Å². The van der Waals surface area contributed by atoms with Gasteiger partial charge in [0.2, 0.25) is 17.7 Å². The molecular formula is C30H25F3N4O5S. The topological polar surface area (TPSA) is 127 Å². The molecule has 0 radical (unpaired) electrons. The number of hydrogen-bond acceptors (Lipinski definition) is 7. The van der Waals surface area contributed by atoms with Gasteiger partial charge >= 0.3 is 6.18 Å². The first-order valence-corrected chi connectivity index (χ1v) is 14.4.